The molecule has 0 saturated carbocycles. The van der Waals surface area contributed by atoms with Gasteiger partial charge in [0.15, 0.2) is 5.79 Å². The van der Waals surface area contributed by atoms with E-state index in [1.165, 1.54) is 0 Å². The van der Waals surface area contributed by atoms with Gasteiger partial charge in [0.1, 0.15) is 6.10 Å². The van der Waals surface area contributed by atoms with Crippen LogP contribution in [0.2, 0.25) is 0 Å². The third-order valence-corrected chi connectivity index (χ3v) is 1.61. The van der Waals surface area contributed by atoms with E-state index in [2.05, 4.69) is 0 Å². The van der Waals surface area contributed by atoms with Gasteiger partial charge in [-0.2, -0.15) is 0 Å². The predicted molar refractivity (Wildman–Crippen MR) is 36.6 cm³/mol. The van der Waals surface area contributed by atoms with Crippen LogP contribution in [0.3, 0.4) is 0 Å². The first-order chi connectivity index (χ1) is 4.55. The highest BCUT2D eigenvalue weighted by Crippen LogP contribution is 2.27. The van der Waals surface area contributed by atoms with Gasteiger partial charge in [-0.25, -0.2) is 0 Å². The van der Waals surface area contributed by atoms with Crippen molar-refractivity contribution in [2.45, 2.75) is 38.8 Å². The van der Waals surface area contributed by atoms with Crippen LogP contribution in [-0.2, 0) is 9.47 Å². The van der Waals surface area contributed by atoms with Crippen molar-refractivity contribution < 1.29 is 14.6 Å². The van der Waals surface area contributed by atoms with Gasteiger partial charge >= 0.3 is 0 Å². The molecule has 1 heterocycles. The van der Waals surface area contributed by atoms with Crippen LogP contribution in [-0.4, -0.2) is 29.7 Å². The van der Waals surface area contributed by atoms with Crippen molar-refractivity contribution in [3.8, 4) is 0 Å². The summed E-state index contributed by atoms with van der Waals surface area (Å²) in [6, 6.07) is 0. The molecule has 1 aliphatic heterocycles. The number of aliphatic hydroxyl groups is 1. The fourth-order valence-electron chi connectivity index (χ4n) is 1.20. The second kappa shape index (κ2) is 2.49. The van der Waals surface area contributed by atoms with Gasteiger partial charge in [0.05, 0.1) is 12.7 Å². The van der Waals surface area contributed by atoms with Crippen LogP contribution in [0.1, 0.15) is 20.8 Å². The molecule has 2 atom stereocenters. The Morgan fingerprint density at radius 1 is 1.40 bits per heavy atom. The molecular weight excluding hydrogens is 132 g/mol. The summed E-state index contributed by atoms with van der Waals surface area (Å²) in [7, 11) is 0. The number of ether oxygens (including phenoxy) is 2. The molecule has 0 spiro atoms. The van der Waals surface area contributed by atoms with Crippen LogP contribution in [0, 0.1) is 0 Å². The topological polar surface area (TPSA) is 38.7 Å². The van der Waals surface area contributed by atoms with Gasteiger partial charge in [-0.3, -0.25) is 0 Å². The van der Waals surface area contributed by atoms with E-state index in [0.717, 1.165) is 0 Å². The van der Waals surface area contributed by atoms with E-state index in [1.54, 1.807) is 0 Å². The van der Waals surface area contributed by atoms with Crippen LogP contribution in [0.4, 0.5) is 0 Å². The maximum Gasteiger partial charge on any atom is 0.163 e. The van der Waals surface area contributed by atoms with Crippen LogP contribution < -0.4 is 0 Å². The summed E-state index contributed by atoms with van der Waals surface area (Å²) < 4.78 is 10.7. The summed E-state index contributed by atoms with van der Waals surface area (Å²) in [4.78, 5) is 0. The van der Waals surface area contributed by atoms with Crippen LogP contribution in [0.25, 0.3) is 0 Å². The molecule has 0 bridgehead atoms. The van der Waals surface area contributed by atoms with Gasteiger partial charge in [0, 0.05) is 0 Å². The third-order valence-electron chi connectivity index (χ3n) is 1.61. The second-order valence-corrected chi connectivity index (χ2v) is 3.06. The van der Waals surface area contributed by atoms with E-state index in [9.17, 15) is 0 Å². The van der Waals surface area contributed by atoms with E-state index < -0.39 is 5.79 Å². The minimum atomic E-state index is -0.521. The number of rotatable bonds is 1. The maximum absolute atomic E-state index is 8.76. The lowest BCUT2D eigenvalue weighted by Gasteiger charge is -2.15. The monoisotopic (exact) mass is 146 g/mol. The molecule has 1 rings (SSSR count). The molecule has 1 N–H and O–H groups in total. The highest BCUT2D eigenvalue weighted by Gasteiger charge is 2.37. The van der Waals surface area contributed by atoms with Crippen LogP contribution >= 0.6 is 0 Å². The molecule has 0 aromatic carbocycles. The predicted octanol–water partition coefficient (Wildman–Crippen LogP) is 0.519. The summed E-state index contributed by atoms with van der Waals surface area (Å²) in [5, 5.41) is 8.76. The molecule has 10 heavy (non-hydrogen) atoms. The lowest BCUT2D eigenvalue weighted by atomic mass is 10.2. The minimum Gasteiger partial charge on any atom is -0.394 e. The summed E-state index contributed by atoms with van der Waals surface area (Å²) in [6.07, 6.45) is -0.157. The highest BCUT2D eigenvalue weighted by atomic mass is 16.8. The maximum atomic E-state index is 8.76. The van der Waals surface area contributed by atoms with Gasteiger partial charge in [-0.05, 0) is 20.8 Å². The normalized spacial score (nSPS) is 38.4. The van der Waals surface area contributed by atoms with Crippen molar-refractivity contribution in [2.75, 3.05) is 6.61 Å². The average molecular weight is 146 g/mol. The lowest BCUT2D eigenvalue weighted by Crippen LogP contribution is -2.24. The van der Waals surface area contributed by atoms with Crippen LogP contribution in [0.15, 0.2) is 0 Å². The first kappa shape index (κ1) is 7.98. The van der Waals surface area contributed by atoms with E-state index in [4.69, 9.17) is 14.6 Å². The van der Waals surface area contributed by atoms with Crippen molar-refractivity contribution in [3.63, 3.8) is 0 Å². The SMILES string of the molecule is CC1OC(C)(C)OC1CO. The number of hydrogen-bond donors (Lipinski definition) is 1. The Hall–Kier alpha value is -0.120. The summed E-state index contributed by atoms with van der Waals surface area (Å²) >= 11 is 0. The Bertz CT molecular complexity index is 122. The molecule has 0 aromatic heterocycles. The van der Waals surface area contributed by atoms with E-state index in [1.807, 2.05) is 20.8 Å². The molecule has 1 saturated heterocycles. The van der Waals surface area contributed by atoms with E-state index in [-0.39, 0.29) is 18.8 Å². The molecular formula is C7H14O3. The first-order valence-corrected chi connectivity index (χ1v) is 3.51. The fraction of sp³-hybridized carbons (Fsp3) is 1.00. The van der Waals surface area contributed by atoms with Crippen molar-refractivity contribution >= 4 is 0 Å². The zero-order valence-electron chi connectivity index (χ0n) is 6.63. The molecule has 0 amide bonds. The lowest BCUT2D eigenvalue weighted by molar-refractivity contribution is -0.147. The Morgan fingerprint density at radius 3 is 2.20 bits per heavy atom. The van der Waals surface area contributed by atoms with Gasteiger partial charge in [-0.15, -0.1) is 0 Å². The highest BCUT2D eigenvalue weighted by molar-refractivity contribution is 4.76. The minimum absolute atomic E-state index is 0.000000000000000222. The van der Waals surface area contributed by atoms with Gasteiger partial charge in [0.2, 0.25) is 0 Å². The van der Waals surface area contributed by atoms with Crippen LogP contribution in [0.5, 0.6) is 0 Å². The Kier molecular flexibility index (Phi) is 1.99. The van der Waals surface area contributed by atoms with E-state index in [0.29, 0.717) is 0 Å². The van der Waals surface area contributed by atoms with Crippen molar-refractivity contribution in [2.24, 2.45) is 0 Å². The van der Waals surface area contributed by atoms with Gasteiger partial charge < -0.3 is 14.6 Å². The second-order valence-electron chi connectivity index (χ2n) is 3.06. The quantitative estimate of drug-likeness (QED) is 0.586. The number of hydrogen-bond acceptors (Lipinski definition) is 3. The molecule has 0 aliphatic carbocycles. The zero-order chi connectivity index (χ0) is 7.78. The largest absolute Gasteiger partial charge is 0.394 e. The van der Waals surface area contributed by atoms with Crippen molar-refractivity contribution in [1.82, 2.24) is 0 Å². The Balaban J connectivity index is 2.52. The van der Waals surface area contributed by atoms with E-state index >= 15 is 0 Å². The molecule has 3 nitrogen and oxygen atoms in total. The van der Waals surface area contributed by atoms with Crippen molar-refractivity contribution in [3.05, 3.63) is 0 Å². The van der Waals surface area contributed by atoms with Crippen molar-refractivity contribution in [1.29, 1.82) is 0 Å². The van der Waals surface area contributed by atoms with Gasteiger partial charge in [-0.1, -0.05) is 0 Å². The molecule has 2 unspecified atom stereocenters. The zero-order valence-corrected chi connectivity index (χ0v) is 6.63. The molecule has 3 heteroatoms. The van der Waals surface area contributed by atoms with Gasteiger partial charge in [0.25, 0.3) is 0 Å². The Labute approximate surface area is 60.9 Å². The fourth-order valence-corrected chi connectivity index (χ4v) is 1.20. The average Bonchev–Trinajstić information content (AvgIpc) is 2.05. The molecule has 0 radical (unpaired) electrons. The third kappa shape index (κ3) is 1.48. The summed E-state index contributed by atoms with van der Waals surface area (Å²) in [5.41, 5.74) is 0. The molecule has 60 valence electrons. The Morgan fingerprint density at radius 2 is 2.00 bits per heavy atom. The smallest absolute Gasteiger partial charge is 0.163 e. The number of aliphatic hydroxyl groups excluding tert-OH is 1. The first-order valence-electron chi connectivity index (χ1n) is 3.51. The summed E-state index contributed by atoms with van der Waals surface area (Å²) in [6.45, 7) is 5.62. The molecule has 0 aromatic rings. The summed E-state index contributed by atoms with van der Waals surface area (Å²) in [5.74, 6) is -0.521. The molecule has 1 fully saturated rings. The standard InChI is InChI=1S/C7H14O3/c1-5-6(4-8)10-7(2,3)9-5/h5-6,8H,4H2,1-3H3. The molecule has 1 aliphatic rings.